The van der Waals surface area contributed by atoms with Crippen LogP contribution in [-0.4, -0.2) is 42.8 Å². The molecule has 0 bridgehead atoms. The number of rotatable bonds is 1. The molecule has 1 unspecified atom stereocenters. The molecule has 78 valence electrons. The van der Waals surface area contributed by atoms with Crippen molar-refractivity contribution in [1.29, 1.82) is 0 Å². The molecule has 1 aliphatic heterocycles. The van der Waals surface area contributed by atoms with E-state index in [-0.39, 0.29) is 17.7 Å². The topological polar surface area (TPSA) is 49.4 Å². The Morgan fingerprint density at radius 1 is 1.71 bits per heavy atom. The first-order chi connectivity index (χ1) is 6.49. The van der Waals surface area contributed by atoms with E-state index in [1.54, 1.807) is 0 Å². The molecule has 0 aromatic carbocycles. The molecule has 14 heavy (non-hydrogen) atoms. The summed E-state index contributed by atoms with van der Waals surface area (Å²) in [6, 6.07) is -0.273. The van der Waals surface area contributed by atoms with Crippen molar-refractivity contribution in [1.82, 2.24) is 10.2 Å². The second-order valence-corrected chi connectivity index (χ2v) is 3.88. The van der Waals surface area contributed by atoms with Crippen LogP contribution >= 0.6 is 11.6 Å². The highest BCUT2D eigenvalue weighted by Crippen LogP contribution is 2.12. The van der Waals surface area contributed by atoms with Gasteiger partial charge in [-0.2, -0.15) is 0 Å². The SMILES string of the molecule is CC(=O)NC1CN(C)CC(=O)C=C1Cl. The molecule has 1 atom stereocenters. The average Bonchev–Trinajstić information content (AvgIpc) is 2.10. The fraction of sp³-hybridized carbons (Fsp3) is 0.556. The summed E-state index contributed by atoms with van der Waals surface area (Å²) in [7, 11) is 1.82. The number of likely N-dealkylation sites (N-methyl/N-ethyl adjacent to an activating group) is 1. The van der Waals surface area contributed by atoms with Gasteiger partial charge in [-0.05, 0) is 13.1 Å². The minimum atomic E-state index is -0.273. The Kier molecular flexibility index (Phi) is 3.66. The first-order valence-corrected chi connectivity index (χ1v) is 4.72. The van der Waals surface area contributed by atoms with E-state index in [2.05, 4.69) is 5.32 Å². The summed E-state index contributed by atoms with van der Waals surface area (Å²) in [4.78, 5) is 23.9. The molecule has 0 saturated heterocycles. The van der Waals surface area contributed by atoms with Crippen LogP contribution < -0.4 is 5.32 Å². The van der Waals surface area contributed by atoms with Gasteiger partial charge in [0, 0.05) is 18.5 Å². The molecule has 1 amide bonds. The first kappa shape index (κ1) is 11.2. The summed E-state index contributed by atoms with van der Waals surface area (Å²) in [5.41, 5.74) is 0. The van der Waals surface area contributed by atoms with E-state index >= 15 is 0 Å². The molecule has 1 N–H and O–H groups in total. The number of carbonyl (C=O) groups is 2. The molecular weight excluding hydrogens is 204 g/mol. The van der Waals surface area contributed by atoms with Gasteiger partial charge in [-0.1, -0.05) is 11.6 Å². The van der Waals surface area contributed by atoms with Crippen LogP contribution in [0.3, 0.4) is 0 Å². The van der Waals surface area contributed by atoms with Crippen LogP contribution in [0.4, 0.5) is 0 Å². The number of hydrogen-bond donors (Lipinski definition) is 1. The van der Waals surface area contributed by atoms with Crippen molar-refractivity contribution in [2.75, 3.05) is 20.1 Å². The highest BCUT2D eigenvalue weighted by atomic mass is 35.5. The lowest BCUT2D eigenvalue weighted by Gasteiger charge is -2.20. The Labute approximate surface area is 87.9 Å². The zero-order valence-corrected chi connectivity index (χ0v) is 8.97. The van der Waals surface area contributed by atoms with Gasteiger partial charge in [-0.15, -0.1) is 0 Å². The van der Waals surface area contributed by atoms with Crippen molar-refractivity contribution in [3.05, 3.63) is 11.1 Å². The number of nitrogens with zero attached hydrogens (tertiary/aromatic N) is 1. The van der Waals surface area contributed by atoms with Crippen LogP contribution in [0.25, 0.3) is 0 Å². The van der Waals surface area contributed by atoms with Crippen LogP contribution in [0.5, 0.6) is 0 Å². The van der Waals surface area contributed by atoms with Crippen LogP contribution in [0.15, 0.2) is 11.1 Å². The predicted octanol–water partition coefficient (Wildman–Crippen LogP) is 0.128. The lowest BCUT2D eigenvalue weighted by Crippen LogP contribution is -2.41. The summed E-state index contributed by atoms with van der Waals surface area (Å²) < 4.78 is 0. The Bertz CT molecular complexity index is 289. The highest BCUT2D eigenvalue weighted by Gasteiger charge is 2.21. The summed E-state index contributed by atoms with van der Waals surface area (Å²) in [6.45, 7) is 2.32. The van der Waals surface area contributed by atoms with Crippen molar-refractivity contribution in [2.45, 2.75) is 13.0 Å². The Hall–Kier alpha value is -0.870. The standard InChI is InChI=1S/C9H13ClN2O2/c1-6(13)11-9-5-12(2)4-7(14)3-8(9)10/h3,9H,4-5H2,1-2H3,(H,11,13). The lowest BCUT2D eigenvalue weighted by molar-refractivity contribution is -0.119. The van der Waals surface area contributed by atoms with Gasteiger partial charge in [0.25, 0.3) is 0 Å². The van der Waals surface area contributed by atoms with E-state index < -0.39 is 0 Å². The number of carbonyl (C=O) groups excluding carboxylic acids is 2. The number of hydrogen-bond acceptors (Lipinski definition) is 3. The van der Waals surface area contributed by atoms with Gasteiger partial charge in [0.2, 0.25) is 5.91 Å². The molecule has 0 fully saturated rings. The van der Waals surface area contributed by atoms with E-state index in [0.717, 1.165) is 0 Å². The smallest absolute Gasteiger partial charge is 0.217 e. The predicted molar refractivity (Wildman–Crippen MR) is 54.0 cm³/mol. The van der Waals surface area contributed by atoms with Crippen LogP contribution in [0.1, 0.15) is 6.92 Å². The van der Waals surface area contributed by atoms with E-state index in [1.165, 1.54) is 13.0 Å². The third-order valence-electron chi connectivity index (χ3n) is 1.93. The number of nitrogens with one attached hydrogen (secondary N) is 1. The van der Waals surface area contributed by atoms with Gasteiger partial charge in [0.05, 0.1) is 12.6 Å². The molecule has 0 saturated carbocycles. The molecule has 0 spiro atoms. The molecule has 0 aromatic rings. The van der Waals surface area contributed by atoms with E-state index in [1.807, 2.05) is 11.9 Å². The van der Waals surface area contributed by atoms with E-state index in [4.69, 9.17) is 11.6 Å². The quantitative estimate of drug-likeness (QED) is 0.678. The molecule has 5 heteroatoms. The van der Waals surface area contributed by atoms with Gasteiger partial charge < -0.3 is 5.32 Å². The van der Waals surface area contributed by atoms with Gasteiger partial charge in [-0.25, -0.2) is 0 Å². The highest BCUT2D eigenvalue weighted by molar-refractivity contribution is 6.32. The minimum absolute atomic E-state index is 0.0367. The number of amides is 1. The van der Waals surface area contributed by atoms with Crippen LogP contribution in [-0.2, 0) is 9.59 Å². The Balaban J connectivity index is 2.76. The fourth-order valence-corrected chi connectivity index (χ4v) is 1.63. The zero-order valence-electron chi connectivity index (χ0n) is 8.21. The molecule has 0 aromatic heterocycles. The number of halogens is 1. The van der Waals surface area contributed by atoms with Gasteiger partial charge in [0.1, 0.15) is 0 Å². The number of ketones is 1. The normalized spacial score (nSPS) is 24.1. The third-order valence-corrected chi connectivity index (χ3v) is 2.30. The van der Waals surface area contributed by atoms with Crippen molar-refractivity contribution < 1.29 is 9.59 Å². The summed E-state index contributed by atoms with van der Waals surface area (Å²) >= 11 is 5.89. The largest absolute Gasteiger partial charge is 0.347 e. The second kappa shape index (κ2) is 4.57. The molecule has 0 radical (unpaired) electrons. The lowest BCUT2D eigenvalue weighted by atomic mass is 10.2. The molecule has 4 nitrogen and oxygen atoms in total. The van der Waals surface area contributed by atoms with E-state index in [0.29, 0.717) is 18.1 Å². The fourth-order valence-electron chi connectivity index (χ4n) is 1.39. The maximum absolute atomic E-state index is 11.2. The van der Waals surface area contributed by atoms with Crippen molar-refractivity contribution in [3.63, 3.8) is 0 Å². The van der Waals surface area contributed by atoms with Crippen molar-refractivity contribution in [2.24, 2.45) is 0 Å². The van der Waals surface area contributed by atoms with Crippen LogP contribution in [0.2, 0.25) is 0 Å². The second-order valence-electron chi connectivity index (χ2n) is 3.45. The summed E-state index contributed by atoms with van der Waals surface area (Å²) in [5, 5.41) is 3.09. The first-order valence-electron chi connectivity index (χ1n) is 4.34. The zero-order chi connectivity index (χ0) is 10.7. The van der Waals surface area contributed by atoms with Gasteiger partial charge >= 0.3 is 0 Å². The molecule has 1 heterocycles. The maximum atomic E-state index is 11.2. The minimum Gasteiger partial charge on any atom is -0.347 e. The molecule has 1 aliphatic rings. The van der Waals surface area contributed by atoms with Crippen molar-refractivity contribution >= 4 is 23.3 Å². The van der Waals surface area contributed by atoms with Gasteiger partial charge in [0.15, 0.2) is 5.78 Å². The van der Waals surface area contributed by atoms with Crippen molar-refractivity contribution in [3.8, 4) is 0 Å². The van der Waals surface area contributed by atoms with Crippen LogP contribution in [0, 0.1) is 0 Å². The molecule has 1 rings (SSSR count). The third kappa shape index (κ3) is 3.12. The Morgan fingerprint density at radius 2 is 2.36 bits per heavy atom. The van der Waals surface area contributed by atoms with Gasteiger partial charge in [-0.3, -0.25) is 14.5 Å². The Morgan fingerprint density at radius 3 is 2.93 bits per heavy atom. The molecular formula is C9H13ClN2O2. The average molecular weight is 217 g/mol. The molecule has 0 aliphatic carbocycles. The van der Waals surface area contributed by atoms with E-state index in [9.17, 15) is 9.59 Å². The maximum Gasteiger partial charge on any atom is 0.217 e. The monoisotopic (exact) mass is 216 g/mol. The summed E-state index contributed by atoms with van der Waals surface area (Å²) in [6.07, 6.45) is 1.38. The summed E-state index contributed by atoms with van der Waals surface area (Å²) in [5.74, 6) is -0.186.